The molecule has 0 spiro atoms. The van der Waals surface area contributed by atoms with Crippen molar-refractivity contribution in [3.8, 4) is 11.4 Å². The van der Waals surface area contributed by atoms with Crippen LogP contribution in [0.5, 0.6) is 0 Å². The summed E-state index contributed by atoms with van der Waals surface area (Å²) < 4.78 is 5.54. The van der Waals surface area contributed by atoms with Crippen molar-refractivity contribution in [3.05, 3.63) is 35.2 Å². The molecule has 2 unspecified atom stereocenters. The monoisotopic (exact) mass is 389 g/mol. The van der Waals surface area contributed by atoms with Gasteiger partial charge in [0.25, 0.3) is 0 Å². The number of hydrogen-bond acceptors (Lipinski definition) is 4. The van der Waals surface area contributed by atoms with Gasteiger partial charge in [0.1, 0.15) is 0 Å². The SMILES string of the molecule is CCCCC(CC)C(=O)N1CCCC(c2nc(-c3cccc(Cl)c3)no2)C1. The zero-order valence-electron chi connectivity index (χ0n) is 16.2. The number of rotatable bonds is 7. The molecular formula is C21H28ClN3O2. The first kappa shape index (κ1) is 19.9. The number of hydrogen-bond donors (Lipinski definition) is 0. The molecule has 1 amide bonds. The summed E-state index contributed by atoms with van der Waals surface area (Å²) in [4.78, 5) is 19.5. The van der Waals surface area contributed by atoms with Crippen molar-refractivity contribution in [2.75, 3.05) is 13.1 Å². The van der Waals surface area contributed by atoms with E-state index in [1.807, 2.05) is 29.2 Å². The zero-order chi connectivity index (χ0) is 19.2. The molecule has 2 heterocycles. The van der Waals surface area contributed by atoms with E-state index in [4.69, 9.17) is 16.1 Å². The summed E-state index contributed by atoms with van der Waals surface area (Å²) in [6.45, 7) is 5.77. The number of amides is 1. The van der Waals surface area contributed by atoms with Crippen molar-refractivity contribution in [1.82, 2.24) is 15.0 Å². The van der Waals surface area contributed by atoms with Gasteiger partial charge in [0.05, 0.1) is 5.92 Å². The number of benzene rings is 1. The van der Waals surface area contributed by atoms with Crippen LogP contribution < -0.4 is 0 Å². The highest BCUT2D eigenvalue weighted by molar-refractivity contribution is 6.30. The Balaban J connectivity index is 1.68. The molecule has 2 aromatic rings. The van der Waals surface area contributed by atoms with E-state index in [1.54, 1.807) is 0 Å². The van der Waals surface area contributed by atoms with Gasteiger partial charge in [-0.15, -0.1) is 0 Å². The van der Waals surface area contributed by atoms with Gasteiger partial charge in [0.2, 0.25) is 17.6 Å². The number of aromatic nitrogens is 2. The minimum absolute atomic E-state index is 0.104. The van der Waals surface area contributed by atoms with Gasteiger partial charge in [-0.1, -0.05) is 55.6 Å². The molecule has 1 aromatic carbocycles. The van der Waals surface area contributed by atoms with E-state index in [0.717, 1.165) is 50.6 Å². The second-order valence-corrected chi connectivity index (χ2v) is 7.77. The number of piperidine rings is 1. The van der Waals surface area contributed by atoms with Crippen molar-refractivity contribution in [2.24, 2.45) is 5.92 Å². The Morgan fingerprint density at radius 2 is 2.26 bits per heavy atom. The van der Waals surface area contributed by atoms with Crippen molar-refractivity contribution in [3.63, 3.8) is 0 Å². The quantitative estimate of drug-likeness (QED) is 0.643. The molecule has 0 radical (unpaired) electrons. The average Bonchev–Trinajstić information content (AvgIpc) is 3.19. The first-order chi connectivity index (χ1) is 13.1. The van der Waals surface area contributed by atoms with E-state index in [1.165, 1.54) is 0 Å². The zero-order valence-corrected chi connectivity index (χ0v) is 16.9. The summed E-state index contributed by atoms with van der Waals surface area (Å²) in [6.07, 6.45) is 6.04. The molecule has 1 aromatic heterocycles. The number of carbonyl (C=O) groups is 1. The molecule has 0 saturated carbocycles. The number of halogens is 1. The van der Waals surface area contributed by atoms with Gasteiger partial charge in [-0.2, -0.15) is 4.98 Å². The van der Waals surface area contributed by atoms with Gasteiger partial charge in [0.15, 0.2) is 0 Å². The standard InChI is InChI=1S/C21H28ClN3O2/c1-3-5-8-15(4-2)21(26)25-12-7-10-17(14-25)20-23-19(24-27-20)16-9-6-11-18(22)13-16/h6,9,11,13,15,17H,3-5,7-8,10,12,14H2,1-2H3. The smallest absolute Gasteiger partial charge is 0.231 e. The minimum atomic E-state index is 0.104. The number of carbonyl (C=O) groups excluding carboxylic acids is 1. The van der Waals surface area contributed by atoms with Crippen LogP contribution in [0.15, 0.2) is 28.8 Å². The predicted octanol–water partition coefficient (Wildman–Crippen LogP) is 5.31. The van der Waals surface area contributed by atoms with Crippen LogP contribution in [0.25, 0.3) is 11.4 Å². The molecule has 0 bridgehead atoms. The van der Waals surface area contributed by atoms with Gasteiger partial charge in [-0.05, 0) is 37.8 Å². The van der Waals surface area contributed by atoms with Crippen molar-refractivity contribution in [2.45, 2.75) is 58.3 Å². The van der Waals surface area contributed by atoms with Crippen LogP contribution in [0.2, 0.25) is 5.02 Å². The summed E-state index contributed by atoms with van der Waals surface area (Å²) >= 11 is 6.05. The normalized spacial score (nSPS) is 18.5. The topological polar surface area (TPSA) is 59.2 Å². The fourth-order valence-corrected chi connectivity index (χ4v) is 3.93. The van der Waals surface area contributed by atoms with Gasteiger partial charge in [-0.25, -0.2) is 0 Å². The molecule has 3 rings (SSSR count). The van der Waals surface area contributed by atoms with Gasteiger partial charge in [0, 0.05) is 29.6 Å². The summed E-state index contributed by atoms with van der Waals surface area (Å²) in [6, 6.07) is 7.43. The fraction of sp³-hybridized carbons (Fsp3) is 0.571. The second-order valence-electron chi connectivity index (χ2n) is 7.34. The Morgan fingerprint density at radius 1 is 1.41 bits per heavy atom. The maximum Gasteiger partial charge on any atom is 0.231 e. The summed E-state index contributed by atoms with van der Waals surface area (Å²) in [5.74, 6) is 1.68. The summed E-state index contributed by atoms with van der Waals surface area (Å²) in [5, 5.41) is 4.76. The third-order valence-corrected chi connectivity index (χ3v) is 5.59. The Morgan fingerprint density at radius 3 is 3.00 bits per heavy atom. The van der Waals surface area contributed by atoms with E-state index in [-0.39, 0.29) is 17.7 Å². The summed E-state index contributed by atoms with van der Waals surface area (Å²) in [7, 11) is 0. The highest BCUT2D eigenvalue weighted by atomic mass is 35.5. The third-order valence-electron chi connectivity index (χ3n) is 5.36. The van der Waals surface area contributed by atoms with Gasteiger partial charge < -0.3 is 9.42 Å². The van der Waals surface area contributed by atoms with Crippen LogP contribution in [0.1, 0.15) is 64.2 Å². The molecule has 6 heteroatoms. The second kappa shape index (κ2) is 9.36. The van der Waals surface area contributed by atoms with Crippen LogP contribution in [-0.2, 0) is 4.79 Å². The Hall–Kier alpha value is -1.88. The lowest BCUT2D eigenvalue weighted by atomic mass is 9.93. The van der Waals surface area contributed by atoms with Crippen LogP contribution in [-0.4, -0.2) is 34.0 Å². The largest absolute Gasteiger partial charge is 0.342 e. The maximum absolute atomic E-state index is 12.9. The lowest BCUT2D eigenvalue weighted by Crippen LogP contribution is -2.42. The highest BCUT2D eigenvalue weighted by Gasteiger charge is 2.31. The molecule has 0 N–H and O–H groups in total. The number of unbranched alkanes of at least 4 members (excludes halogenated alkanes) is 1. The van der Waals surface area contributed by atoms with Gasteiger partial charge >= 0.3 is 0 Å². The van der Waals surface area contributed by atoms with Crippen LogP contribution >= 0.6 is 11.6 Å². The first-order valence-electron chi connectivity index (χ1n) is 10.0. The van der Waals surface area contributed by atoms with E-state index >= 15 is 0 Å². The van der Waals surface area contributed by atoms with Crippen LogP contribution in [0, 0.1) is 5.92 Å². The van der Waals surface area contributed by atoms with Crippen LogP contribution in [0.4, 0.5) is 0 Å². The molecule has 1 fully saturated rings. The highest BCUT2D eigenvalue weighted by Crippen LogP contribution is 2.29. The Bertz CT molecular complexity index is 761. The minimum Gasteiger partial charge on any atom is -0.342 e. The molecular weight excluding hydrogens is 362 g/mol. The third kappa shape index (κ3) is 4.89. The van der Waals surface area contributed by atoms with Crippen molar-refractivity contribution in [1.29, 1.82) is 0 Å². The molecule has 1 saturated heterocycles. The Labute approximate surface area is 166 Å². The molecule has 1 aliphatic rings. The average molecular weight is 390 g/mol. The molecule has 2 atom stereocenters. The lowest BCUT2D eigenvalue weighted by Gasteiger charge is -2.33. The van der Waals surface area contributed by atoms with E-state index in [2.05, 4.69) is 24.0 Å². The van der Waals surface area contributed by atoms with E-state index in [9.17, 15) is 4.79 Å². The molecule has 1 aliphatic heterocycles. The summed E-state index contributed by atoms with van der Waals surface area (Å²) in [5.41, 5.74) is 0.840. The maximum atomic E-state index is 12.9. The molecule has 146 valence electrons. The van der Waals surface area contributed by atoms with E-state index in [0.29, 0.717) is 23.3 Å². The Kier molecular flexibility index (Phi) is 6.89. The van der Waals surface area contributed by atoms with Crippen molar-refractivity contribution < 1.29 is 9.32 Å². The first-order valence-corrected chi connectivity index (χ1v) is 10.4. The molecule has 0 aliphatic carbocycles. The lowest BCUT2D eigenvalue weighted by molar-refractivity contribution is -0.137. The predicted molar refractivity (Wildman–Crippen MR) is 107 cm³/mol. The van der Waals surface area contributed by atoms with Crippen LogP contribution in [0.3, 0.4) is 0 Å². The molecule has 5 nitrogen and oxygen atoms in total. The fourth-order valence-electron chi connectivity index (χ4n) is 3.74. The number of likely N-dealkylation sites (tertiary alicyclic amines) is 1. The molecule has 27 heavy (non-hydrogen) atoms. The van der Waals surface area contributed by atoms with E-state index < -0.39 is 0 Å². The van der Waals surface area contributed by atoms with Crippen molar-refractivity contribution >= 4 is 17.5 Å². The van der Waals surface area contributed by atoms with Gasteiger partial charge in [-0.3, -0.25) is 4.79 Å². The number of nitrogens with zero attached hydrogens (tertiary/aromatic N) is 3.